The molecule has 11 heteroatoms. The van der Waals surface area contributed by atoms with Crippen LogP contribution in [-0.4, -0.2) is 70.3 Å². The molecule has 0 amide bonds. The normalized spacial score (nSPS) is 15.7. The fourth-order valence-corrected chi connectivity index (χ4v) is 4.22. The van der Waals surface area contributed by atoms with Crippen molar-refractivity contribution >= 4 is 23.1 Å². The molecule has 0 saturated carbocycles. The first-order valence-electron chi connectivity index (χ1n) is 11.1. The van der Waals surface area contributed by atoms with Gasteiger partial charge in [-0.1, -0.05) is 0 Å². The summed E-state index contributed by atoms with van der Waals surface area (Å²) < 4.78 is 34.2. The van der Waals surface area contributed by atoms with Gasteiger partial charge in [0.05, 0.1) is 12.0 Å². The monoisotopic (exact) mass is 468 g/mol. The number of benzene rings is 1. The maximum Gasteiger partial charge on any atom is 0.225 e. The van der Waals surface area contributed by atoms with Crippen LogP contribution in [0, 0.1) is 11.6 Å². The first-order chi connectivity index (χ1) is 16.4. The predicted octanol–water partition coefficient (Wildman–Crippen LogP) is 2.89. The van der Waals surface area contributed by atoms with Crippen molar-refractivity contribution < 1.29 is 13.2 Å². The lowest BCUT2D eigenvalue weighted by molar-refractivity contribution is 0.244. The van der Waals surface area contributed by atoms with E-state index in [1.807, 2.05) is 18.0 Å². The number of fused-ring (bicyclic) bond motifs is 1. The molecule has 1 aromatic carbocycles. The maximum atomic E-state index is 14.1. The van der Waals surface area contributed by atoms with Crippen molar-refractivity contribution in [3.05, 3.63) is 54.3 Å². The van der Waals surface area contributed by atoms with Gasteiger partial charge in [0.1, 0.15) is 17.5 Å². The van der Waals surface area contributed by atoms with Gasteiger partial charge < -0.3 is 20.0 Å². The molecule has 1 saturated heterocycles. The second-order valence-corrected chi connectivity index (χ2v) is 8.50. The summed E-state index contributed by atoms with van der Waals surface area (Å²) >= 11 is 0. The highest BCUT2D eigenvalue weighted by atomic mass is 19.1. The molecule has 2 N–H and O–H groups in total. The van der Waals surface area contributed by atoms with Crippen LogP contribution in [0.3, 0.4) is 0 Å². The number of hydrogen-bond donors (Lipinski definition) is 1. The Morgan fingerprint density at radius 1 is 1.12 bits per heavy atom. The van der Waals surface area contributed by atoms with Gasteiger partial charge in [-0.15, -0.1) is 5.10 Å². The van der Waals surface area contributed by atoms with E-state index in [1.54, 1.807) is 18.4 Å². The summed E-state index contributed by atoms with van der Waals surface area (Å²) in [6.07, 6.45) is 1.57. The molecular formula is C23H26F2N8O. The van der Waals surface area contributed by atoms with Gasteiger partial charge >= 0.3 is 0 Å². The molecule has 0 aliphatic carbocycles. The van der Waals surface area contributed by atoms with E-state index in [-0.39, 0.29) is 12.0 Å². The number of likely N-dealkylation sites (N-methyl/N-ethyl adjacent to an activating group) is 1. The van der Waals surface area contributed by atoms with E-state index in [0.29, 0.717) is 41.8 Å². The Morgan fingerprint density at radius 2 is 1.91 bits per heavy atom. The minimum absolute atomic E-state index is 0.135. The number of aromatic nitrogens is 4. The zero-order valence-electron chi connectivity index (χ0n) is 19.0. The third-order valence-electron chi connectivity index (χ3n) is 6.25. The summed E-state index contributed by atoms with van der Waals surface area (Å²) in [5.74, 6) is 0.861. The standard InChI is InChI=1S/C23H26F2N8O/c1-15(14-31-7-9-32(10-8-31)18-6-5-16(24)12-17(18)25)30(2)20-13-21-27-22(19-4-3-11-34-19)29-33(21)23(26)28-20/h3-6,11-13,15H,7-10,14H2,1-2H3,(H2,26,28). The van der Waals surface area contributed by atoms with Crippen LogP contribution in [0.2, 0.25) is 0 Å². The van der Waals surface area contributed by atoms with Gasteiger partial charge in [0.15, 0.2) is 11.4 Å². The average molecular weight is 469 g/mol. The number of nitrogens with zero attached hydrogens (tertiary/aromatic N) is 7. The van der Waals surface area contributed by atoms with E-state index in [2.05, 4.69) is 31.8 Å². The Labute approximate surface area is 195 Å². The molecule has 4 aromatic rings. The van der Waals surface area contributed by atoms with E-state index in [1.165, 1.54) is 16.6 Å². The Balaban J connectivity index is 1.24. The molecule has 1 atom stereocenters. The van der Waals surface area contributed by atoms with E-state index in [9.17, 15) is 8.78 Å². The quantitative estimate of drug-likeness (QED) is 0.462. The molecular weight excluding hydrogens is 442 g/mol. The summed E-state index contributed by atoms with van der Waals surface area (Å²) in [7, 11) is 1.97. The van der Waals surface area contributed by atoms with Crippen LogP contribution in [0.5, 0.6) is 0 Å². The average Bonchev–Trinajstić information content (AvgIpc) is 3.49. The molecule has 4 heterocycles. The maximum absolute atomic E-state index is 14.1. The number of nitrogens with two attached hydrogens (primary N) is 1. The first kappa shape index (κ1) is 22.1. The third-order valence-corrected chi connectivity index (χ3v) is 6.25. The van der Waals surface area contributed by atoms with Gasteiger partial charge in [-0.2, -0.15) is 9.50 Å². The molecule has 1 aliphatic heterocycles. The van der Waals surface area contributed by atoms with Gasteiger partial charge in [-0.3, -0.25) is 4.90 Å². The number of halogens is 2. The highest BCUT2D eigenvalue weighted by Gasteiger charge is 2.23. The molecule has 0 spiro atoms. The fourth-order valence-electron chi connectivity index (χ4n) is 4.22. The van der Waals surface area contributed by atoms with Crippen molar-refractivity contribution in [1.82, 2.24) is 24.5 Å². The summed E-state index contributed by atoms with van der Waals surface area (Å²) in [4.78, 5) is 15.4. The lowest BCUT2D eigenvalue weighted by Gasteiger charge is -2.38. The summed E-state index contributed by atoms with van der Waals surface area (Å²) in [6, 6.07) is 9.28. The topological polar surface area (TPSA) is 92.0 Å². The Morgan fingerprint density at radius 3 is 2.62 bits per heavy atom. The van der Waals surface area contributed by atoms with Crippen LogP contribution in [0.15, 0.2) is 47.1 Å². The molecule has 9 nitrogen and oxygen atoms in total. The molecule has 1 fully saturated rings. The van der Waals surface area contributed by atoms with Crippen LogP contribution < -0.4 is 15.5 Å². The number of nitrogen functional groups attached to an aromatic ring is 1. The van der Waals surface area contributed by atoms with Crippen molar-refractivity contribution in [1.29, 1.82) is 0 Å². The Bertz CT molecular complexity index is 1280. The van der Waals surface area contributed by atoms with Gasteiger partial charge in [-0.25, -0.2) is 13.8 Å². The second-order valence-electron chi connectivity index (χ2n) is 8.50. The molecule has 1 unspecified atom stereocenters. The molecule has 178 valence electrons. The van der Waals surface area contributed by atoms with E-state index in [0.717, 1.165) is 25.7 Å². The lowest BCUT2D eigenvalue weighted by atomic mass is 10.2. The van der Waals surface area contributed by atoms with E-state index < -0.39 is 11.6 Å². The summed E-state index contributed by atoms with van der Waals surface area (Å²) in [6.45, 7) is 5.82. The van der Waals surface area contributed by atoms with Crippen molar-refractivity contribution in [3.8, 4) is 11.6 Å². The van der Waals surface area contributed by atoms with Crippen LogP contribution in [0.4, 0.5) is 26.2 Å². The van der Waals surface area contributed by atoms with Crippen molar-refractivity contribution in [2.45, 2.75) is 13.0 Å². The minimum atomic E-state index is -0.562. The number of rotatable bonds is 6. The van der Waals surface area contributed by atoms with Crippen LogP contribution in [0.1, 0.15) is 6.92 Å². The zero-order chi connectivity index (χ0) is 23.8. The van der Waals surface area contributed by atoms with Crippen LogP contribution in [0.25, 0.3) is 17.2 Å². The minimum Gasteiger partial charge on any atom is -0.461 e. The van der Waals surface area contributed by atoms with E-state index >= 15 is 0 Å². The number of piperazine rings is 1. The number of furan rings is 1. The van der Waals surface area contributed by atoms with Gasteiger partial charge in [0.2, 0.25) is 11.8 Å². The molecule has 0 radical (unpaired) electrons. The Kier molecular flexibility index (Phi) is 5.78. The predicted molar refractivity (Wildman–Crippen MR) is 126 cm³/mol. The van der Waals surface area contributed by atoms with Gasteiger partial charge in [0.25, 0.3) is 0 Å². The fraction of sp³-hybridized carbons (Fsp3) is 0.348. The smallest absolute Gasteiger partial charge is 0.225 e. The van der Waals surface area contributed by atoms with Crippen molar-refractivity contribution in [2.24, 2.45) is 0 Å². The largest absolute Gasteiger partial charge is 0.461 e. The highest BCUT2D eigenvalue weighted by molar-refractivity contribution is 5.59. The van der Waals surface area contributed by atoms with E-state index in [4.69, 9.17) is 10.2 Å². The van der Waals surface area contributed by atoms with Crippen molar-refractivity contribution in [3.63, 3.8) is 0 Å². The SMILES string of the molecule is CC(CN1CCN(c2ccc(F)cc2F)CC1)N(C)c1cc2nc(-c3ccco3)nn2c(N)n1. The molecule has 34 heavy (non-hydrogen) atoms. The van der Waals surface area contributed by atoms with Crippen LogP contribution >= 0.6 is 0 Å². The molecule has 0 bridgehead atoms. The summed E-state index contributed by atoms with van der Waals surface area (Å²) in [5.41, 5.74) is 7.19. The van der Waals surface area contributed by atoms with Crippen LogP contribution in [-0.2, 0) is 0 Å². The number of hydrogen-bond acceptors (Lipinski definition) is 8. The third kappa shape index (κ3) is 4.26. The highest BCUT2D eigenvalue weighted by Crippen LogP contribution is 2.24. The number of anilines is 3. The van der Waals surface area contributed by atoms with Crippen molar-refractivity contribution in [2.75, 3.05) is 55.3 Å². The van der Waals surface area contributed by atoms with Gasteiger partial charge in [-0.05, 0) is 31.2 Å². The Hall–Kier alpha value is -3.73. The molecule has 1 aliphatic rings. The molecule has 3 aromatic heterocycles. The first-order valence-corrected chi connectivity index (χ1v) is 11.1. The lowest BCUT2D eigenvalue weighted by Crippen LogP contribution is -2.50. The second kappa shape index (κ2) is 8.90. The zero-order valence-corrected chi connectivity index (χ0v) is 19.0. The molecule has 5 rings (SSSR count). The summed E-state index contributed by atoms with van der Waals surface area (Å²) in [5, 5.41) is 4.38. The van der Waals surface area contributed by atoms with Gasteiger partial charge in [0, 0.05) is 57.9 Å².